The number of unbranched alkanes of at least 4 members (excludes halogenated alkanes) is 1. The number of piperazine rings is 1. The molecule has 2 aromatic rings. The molecule has 0 amide bonds. The van der Waals surface area contributed by atoms with Crippen LogP contribution in [0.3, 0.4) is 0 Å². The maximum atomic E-state index is 5.25. The Balaban J connectivity index is 1.46. The number of ether oxygens (including phenoxy) is 1. The van der Waals surface area contributed by atoms with E-state index in [0.717, 1.165) is 70.4 Å². The van der Waals surface area contributed by atoms with Crippen LogP contribution in [-0.4, -0.2) is 72.0 Å². The smallest absolute Gasteiger partial charge is 0.194 e. The third kappa shape index (κ3) is 5.61. The molecule has 0 aliphatic carbocycles. The molecule has 152 valence electrons. The lowest BCUT2D eigenvalue weighted by molar-refractivity contribution is 0.372. The zero-order chi connectivity index (χ0) is 19.6. The number of nitrogens with zero attached hydrogens (tertiary/aromatic N) is 6. The fourth-order valence-corrected chi connectivity index (χ4v) is 3.32. The van der Waals surface area contributed by atoms with Gasteiger partial charge in [-0.1, -0.05) is 0 Å². The van der Waals surface area contributed by atoms with Gasteiger partial charge in [-0.25, -0.2) is 0 Å². The van der Waals surface area contributed by atoms with Crippen LogP contribution in [0.1, 0.15) is 19.8 Å². The van der Waals surface area contributed by atoms with Crippen LogP contribution >= 0.6 is 0 Å². The average Bonchev–Trinajstić information content (AvgIpc) is 3.26. The normalized spacial score (nSPS) is 15.0. The van der Waals surface area contributed by atoms with Crippen molar-refractivity contribution < 1.29 is 4.74 Å². The second-order valence-electron chi connectivity index (χ2n) is 6.81. The Labute approximate surface area is 167 Å². The van der Waals surface area contributed by atoms with E-state index in [-0.39, 0.29) is 0 Å². The third-order valence-corrected chi connectivity index (χ3v) is 4.90. The first-order valence-corrected chi connectivity index (χ1v) is 10.0. The molecule has 8 heteroatoms. The minimum absolute atomic E-state index is 0.836. The summed E-state index contributed by atoms with van der Waals surface area (Å²) in [6.45, 7) is 8.71. The van der Waals surface area contributed by atoms with Gasteiger partial charge in [0.25, 0.3) is 0 Å². The van der Waals surface area contributed by atoms with Gasteiger partial charge < -0.3 is 24.4 Å². The highest BCUT2D eigenvalue weighted by molar-refractivity contribution is 5.80. The lowest BCUT2D eigenvalue weighted by atomic mass is 10.2. The van der Waals surface area contributed by atoms with Crippen molar-refractivity contribution in [1.29, 1.82) is 0 Å². The molecule has 0 atom stereocenters. The number of rotatable bonds is 8. The molecule has 1 aliphatic rings. The summed E-state index contributed by atoms with van der Waals surface area (Å²) >= 11 is 0. The van der Waals surface area contributed by atoms with Gasteiger partial charge in [-0.05, 0) is 44.0 Å². The maximum absolute atomic E-state index is 5.25. The quantitative estimate of drug-likeness (QED) is 0.425. The third-order valence-electron chi connectivity index (χ3n) is 4.90. The molecule has 1 aromatic heterocycles. The molecule has 0 bridgehead atoms. The summed E-state index contributed by atoms with van der Waals surface area (Å²) in [6.07, 6.45) is 5.65. The summed E-state index contributed by atoms with van der Waals surface area (Å²) in [6, 6.07) is 8.30. The van der Waals surface area contributed by atoms with Crippen molar-refractivity contribution in [2.24, 2.45) is 4.99 Å². The molecule has 0 unspecified atom stereocenters. The number of methoxy groups -OCH3 is 1. The average molecular weight is 386 g/mol. The SMILES string of the molecule is CCNC(=NCCCCn1cnnc1)N1CCN(c2ccc(OC)cc2)CC1. The highest BCUT2D eigenvalue weighted by atomic mass is 16.5. The number of aliphatic imine (C=N–C) groups is 1. The first-order valence-electron chi connectivity index (χ1n) is 10.0. The van der Waals surface area contributed by atoms with Crippen LogP contribution in [0.5, 0.6) is 5.75 Å². The lowest BCUT2D eigenvalue weighted by Crippen LogP contribution is -2.52. The number of hydrogen-bond acceptors (Lipinski definition) is 5. The highest BCUT2D eigenvalue weighted by Crippen LogP contribution is 2.20. The first kappa shape index (κ1) is 20.0. The van der Waals surface area contributed by atoms with Crippen molar-refractivity contribution in [3.05, 3.63) is 36.9 Å². The lowest BCUT2D eigenvalue weighted by Gasteiger charge is -2.37. The molecule has 0 saturated carbocycles. The fraction of sp³-hybridized carbons (Fsp3) is 0.550. The monoisotopic (exact) mass is 385 g/mol. The fourth-order valence-electron chi connectivity index (χ4n) is 3.32. The van der Waals surface area contributed by atoms with Gasteiger partial charge >= 0.3 is 0 Å². The summed E-state index contributed by atoms with van der Waals surface area (Å²) < 4.78 is 7.26. The number of aryl methyl sites for hydroxylation is 1. The predicted octanol–water partition coefficient (Wildman–Crippen LogP) is 1.85. The zero-order valence-electron chi connectivity index (χ0n) is 16.9. The number of hydrogen-bond donors (Lipinski definition) is 1. The highest BCUT2D eigenvalue weighted by Gasteiger charge is 2.19. The number of benzene rings is 1. The van der Waals surface area contributed by atoms with E-state index in [2.05, 4.69) is 44.4 Å². The molecule has 0 spiro atoms. The Kier molecular flexibility index (Phi) is 7.52. The van der Waals surface area contributed by atoms with Gasteiger partial charge in [0.2, 0.25) is 0 Å². The summed E-state index contributed by atoms with van der Waals surface area (Å²) in [4.78, 5) is 9.61. The standard InChI is InChI=1S/C20H31N7O/c1-3-21-20(22-10-4-5-11-25-16-23-24-17-25)27-14-12-26(13-15-27)18-6-8-19(28-2)9-7-18/h6-9,16-17H,3-5,10-15H2,1-2H3,(H,21,22). The Morgan fingerprint density at radius 1 is 1.07 bits per heavy atom. The van der Waals surface area contributed by atoms with Crippen LogP contribution in [0, 0.1) is 0 Å². The van der Waals surface area contributed by atoms with E-state index in [9.17, 15) is 0 Å². The van der Waals surface area contributed by atoms with Crippen molar-refractivity contribution in [3.8, 4) is 5.75 Å². The van der Waals surface area contributed by atoms with Crippen LogP contribution in [0.4, 0.5) is 5.69 Å². The van der Waals surface area contributed by atoms with Crippen molar-refractivity contribution in [2.45, 2.75) is 26.3 Å². The van der Waals surface area contributed by atoms with Crippen LogP contribution in [0.25, 0.3) is 0 Å². The molecule has 1 saturated heterocycles. The summed E-state index contributed by atoms with van der Waals surface area (Å²) in [7, 11) is 1.70. The largest absolute Gasteiger partial charge is 0.497 e. The second kappa shape index (κ2) is 10.5. The Morgan fingerprint density at radius 2 is 1.79 bits per heavy atom. The number of aromatic nitrogens is 3. The molecular weight excluding hydrogens is 354 g/mol. The van der Waals surface area contributed by atoms with Gasteiger partial charge in [0.05, 0.1) is 7.11 Å². The summed E-state index contributed by atoms with van der Waals surface area (Å²) in [5.41, 5.74) is 1.25. The second-order valence-corrected chi connectivity index (χ2v) is 6.81. The van der Waals surface area contributed by atoms with E-state index in [0.29, 0.717) is 0 Å². The Morgan fingerprint density at radius 3 is 2.43 bits per heavy atom. The molecule has 2 heterocycles. The Hall–Kier alpha value is -2.77. The van der Waals surface area contributed by atoms with E-state index in [1.54, 1.807) is 19.8 Å². The molecule has 1 fully saturated rings. The zero-order valence-corrected chi connectivity index (χ0v) is 16.9. The molecule has 8 nitrogen and oxygen atoms in total. The Bertz CT molecular complexity index is 707. The molecule has 1 N–H and O–H groups in total. The van der Waals surface area contributed by atoms with Gasteiger partial charge in [-0.3, -0.25) is 4.99 Å². The van der Waals surface area contributed by atoms with Gasteiger partial charge in [0, 0.05) is 51.5 Å². The van der Waals surface area contributed by atoms with E-state index in [4.69, 9.17) is 9.73 Å². The summed E-state index contributed by atoms with van der Waals surface area (Å²) in [5, 5.41) is 11.1. The van der Waals surface area contributed by atoms with Crippen molar-refractivity contribution in [1.82, 2.24) is 25.0 Å². The van der Waals surface area contributed by atoms with Crippen molar-refractivity contribution in [3.63, 3.8) is 0 Å². The number of anilines is 1. The van der Waals surface area contributed by atoms with Crippen molar-refractivity contribution >= 4 is 11.6 Å². The van der Waals surface area contributed by atoms with E-state index in [1.165, 1.54) is 5.69 Å². The minimum Gasteiger partial charge on any atom is -0.497 e. The molecule has 0 radical (unpaired) electrons. The predicted molar refractivity (Wildman–Crippen MR) is 112 cm³/mol. The first-order chi connectivity index (χ1) is 13.8. The van der Waals surface area contributed by atoms with Gasteiger partial charge in [-0.15, -0.1) is 10.2 Å². The van der Waals surface area contributed by atoms with Gasteiger partial charge in [-0.2, -0.15) is 0 Å². The van der Waals surface area contributed by atoms with Crippen LogP contribution in [0.2, 0.25) is 0 Å². The summed E-state index contributed by atoms with van der Waals surface area (Å²) in [5.74, 6) is 1.93. The van der Waals surface area contributed by atoms with Gasteiger partial charge in [0.1, 0.15) is 18.4 Å². The molecule has 3 rings (SSSR count). The molecule has 1 aliphatic heterocycles. The van der Waals surface area contributed by atoms with E-state index < -0.39 is 0 Å². The molecule has 1 aromatic carbocycles. The molecule has 28 heavy (non-hydrogen) atoms. The maximum Gasteiger partial charge on any atom is 0.194 e. The van der Waals surface area contributed by atoms with Crippen LogP contribution < -0.4 is 15.0 Å². The van der Waals surface area contributed by atoms with E-state index >= 15 is 0 Å². The minimum atomic E-state index is 0.836. The number of nitrogens with one attached hydrogen (secondary N) is 1. The molecular formula is C20H31N7O. The van der Waals surface area contributed by atoms with Crippen molar-refractivity contribution in [2.75, 3.05) is 51.3 Å². The van der Waals surface area contributed by atoms with Gasteiger partial charge in [0.15, 0.2) is 5.96 Å². The topological polar surface area (TPSA) is 70.8 Å². The number of guanidine groups is 1. The van der Waals surface area contributed by atoms with Crippen LogP contribution in [0.15, 0.2) is 41.9 Å². The van der Waals surface area contributed by atoms with E-state index in [1.807, 2.05) is 16.7 Å². The van der Waals surface area contributed by atoms with Crippen LogP contribution in [-0.2, 0) is 6.54 Å².